The molecular weight excluding hydrogens is 773 g/mol. The topological polar surface area (TPSA) is 143 Å². The van der Waals surface area contributed by atoms with E-state index in [4.69, 9.17) is 9.16 Å². The summed E-state index contributed by atoms with van der Waals surface area (Å²) in [5.41, 5.74) is -0.540. The van der Waals surface area contributed by atoms with Crippen LogP contribution in [0.4, 0.5) is 0 Å². The highest BCUT2D eigenvalue weighted by molar-refractivity contribution is 6.99. The van der Waals surface area contributed by atoms with Gasteiger partial charge in [0.25, 0.3) is 8.32 Å². The molecule has 5 atom stereocenters. The molecule has 0 aliphatic carbocycles. The Balaban J connectivity index is 1.28. The van der Waals surface area contributed by atoms with Gasteiger partial charge in [0, 0.05) is 13.0 Å². The number of carbonyl (C=O) groups excluding carboxylic acids is 5. The first-order valence-electron chi connectivity index (χ1n) is 21.5. The third-order valence-corrected chi connectivity index (χ3v) is 16.8. The number of benzene rings is 3. The number of carbonyl (C=O) groups is 5. The molecule has 0 bridgehead atoms. The second-order valence-electron chi connectivity index (χ2n) is 17.6. The first kappa shape index (κ1) is 46.0. The number of allylic oxidation sites excluding steroid dienone is 1. The van der Waals surface area contributed by atoms with Crippen LogP contribution in [0.5, 0.6) is 5.75 Å². The van der Waals surface area contributed by atoms with Crippen molar-refractivity contribution in [1.29, 1.82) is 0 Å². The van der Waals surface area contributed by atoms with Crippen molar-refractivity contribution in [3.05, 3.63) is 103 Å². The lowest BCUT2D eigenvalue weighted by Crippen LogP contribution is -2.68. The van der Waals surface area contributed by atoms with E-state index in [1.54, 1.807) is 37.8 Å². The van der Waals surface area contributed by atoms with Crippen LogP contribution in [0.1, 0.15) is 99.5 Å². The molecule has 0 unspecified atom stereocenters. The summed E-state index contributed by atoms with van der Waals surface area (Å²) in [4.78, 5) is 71.2. The fourth-order valence-corrected chi connectivity index (χ4v) is 12.9. The molecule has 2 aliphatic rings. The summed E-state index contributed by atoms with van der Waals surface area (Å²) in [6.45, 7) is 16.0. The monoisotopic (exact) mass is 836 g/mol. The normalized spacial score (nSPS) is 22.4. The van der Waals surface area contributed by atoms with Gasteiger partial charge in [-0.15, -0.1) is 0 Å². The lowest BCUT2D eigenvalue weighted by Gasteiger charge is -2.44. The summed E-state index contributed by atoms with van der Waals surface area (Å²) in [7, 11) is -2.95. The van der Waals surface area contributed by atoms with E-state index in [2.05, 4.69) is 61.0 Å². The second kappa shape index (κ2) is 20.0. The number of nitrogens with one attached hydrogen (secondary N) is 3. The third-order valence-electron chi connectivity index (χ3n) is 11.7. The zero-order valence-electron chi connectivity index (χ0n) is 36.6. The summed E-state index contributed by atoms with van der Waals surface area (Å²) < 4.78 is 12.8. The van der Waals surface area contributed by atoms with Crippen LogP contribution in [0.25, 0.3) is 0 Å². The lowest BCUT2D eigenvalue weighted by atomic mass is 9.94. The van der Waals surface area contributed by atoms with Gasteiger partial charge in [-0.1, -0.05) is 107 Å². The first-order chi connectivity index (χ1) is 28.5. The van der Waals surface area contributed by atoms with Gasteiger partial charge in [0.1, 0.15) is 35.5 Å². The van der Waals surface area contributed by atoms with Crippen molar-refractivity contribution in [1.82, 2.24) is 20.9 Å². The molecular formula is C48H64N4O7Si. The smallest absolute Gasteiger partial charge is 0.262 e. The van der Waals surface area contributed by atoms with Crippen molar-refractivity contribution in [2.24, 2.45) is 0 Å². The fourth-order valence-electron chi connectivity index (χ4n) is 8.22. The lowest BCUT2D eigenvalue weighted by molar-refractivity contribution is -0.144. The van der Waals surface area contributed by atoms with Crippen molar-refractivity contribution in [2.45, 2.75) is 141 Å². The van der Waals surface area contributed by atoms with Crippen LogP contribution in [0.3, 0.4) is 0 Å². The molecule has 3 aromatic rings. The molecule has 3 aromatic carbocycles. The molecule has 11 nitrogen and oxygen atoms in total. The van der Waals surface area contributed by atoms with E-state index in [1.807, 2.05) is 74.5 Å². The van der Waals surface area contributed by atoms with E-state index in [1.165, 1.54) is 0 Å². The molecule has 0 saturated carbocycles. The molecule has 322 valence electrons. The van der Waals surface area contributed by atoms with Crippen LogP contribution in [0.2, 0.25) is 5.04 Å². The zero-order chi connectivity index (χ0) is 43.7. The van der Waals surface area contributed by atoms with Gasteiger partial charge in [-0.25, -0.2) is 0 Å². The highest BCUT2D eigenvalue weighted by atomic mass is 28.4. The molecule has 3 N–H and O–H groups in total. The Bertz CT molecular complexity index is 1940. The van der Waals surface area contributed by atoms with Crippen molar-refractivity contribution in [2.75, 3.05) is 6.54 Å². The molecule has 2 fully saturated rings. The molecule has 0 radical (unpaired) electrons. The minimum Gasteiger partial charge on any atom is -0.491 e. The molecule has 60 heavy (non-hydrogen) atoms. The summed E-state index contributed by atoms with van der Waals surface area (Å²) in [5.74, 6) is -1.16. The Morgan fingerprint density at radius 1 is 0.883 bits per heavy atom. The first-order valence-corrected chi connectivity index (χ1v) is 23.4. The Morgan fingerprint density at radius 2 is 1.50 bits per heavy atom. The van der Waals surface area contributed by atoms with Gasteiger partial charge in [0.2, 0.25) is 23.6 Å². The average Bonchev–Trinajstić information content (AvgIpc) is 3.72. The number of ketones is 1. The van der Waals surface area contributed by atoms with E-state index >= 15 is 0 Å². The number of ether oxygens (including phenoxy) is 1. The Morgan fingerprint density at radius 3 is 2.07 bits per heavy atom. The highest BCUT2D eigenvalue weighted by Gasteiger charge is 2.51. The number of hydrogen-bond acceptors (Lipinski definition) is 7. The summed E-state index contributed by atoms with van der Waals surface area (Å²) in [6, 6.07) is 25.1. The maximum absolute atomic E-state index is 14.2. The standard InChI is InChI=1S/C48H64N4O7Si/c1-9-48(8)46(57)50-40(32-35-27-29-36(30-28-35)58-33(2)3)45(56)52-31-19-25-41(52)44(55)49-39(43(54)51-48)24-17-12-18-26-42(53)34(4)59-60(47(5,6)7,37-20-13-10-14-21-37)38-22-15-11-16-23-38/h10-11,13-16,18,20-23,26-30,33-34,39-41H,9,12,17,19,24-25,31-32H2,1-8H3,(H,49,55)(H,50,57)(H,51,54)/b26-18+/t34-,39-,40-,41+,48-/m0/s1. The minimum atomic E-state index is -2.95. The van der Waals surface area contributed by atoms with Gasteiger partial charge < -0.3 is 30.0 Å². The third kappa shape index (κ3) is 10.8. The molecule has 5 rings (SSSR count). The van der Waals surface area contributed by atoms with Crippen LogP contribution in [-0.2, 0) is 34.8 Å². The van der Waals surface area contributed by atoms with Crippen molar-refractivity contribution in [3.63, 3.8) is 0 Å². The van der Waals surface area contributed by atoms with E-state index in [0.29, 0.717) is 38.0 Å². The van der Waals surface area contributed by atoms with E-state index in [-0.39, 0.29) is 42.1 Å². The predicted molar refractivity (Wildman–Crippen MR) is 238 cm³/mol. The molecule has 0 aromatic heterocycles. The fraction of sp³-hybridized carbons (Fsp3) is 0.479. The van der Waals surface area contributed by atoms with Gasteiger partial charge >= 0.3 is 0 Å². The van der Waals surface area contributed by atoms with E-state index < -0.39 is 55.8 Å². The predicted octanol–water partition coefficient (Wildman–Crippen LogP) is 5.54. The highest BCUT2D eigenvalue weighted by Crippen LogP contribution is 2.37. The second-order valence-corrected chi connectivity index (χ2v) is 21.9. The van der Waals surface area contributed by atoms with Gasteiger partial charge in [0.15, 0.2) is 5.78 Å². The van der Waals surface area contributed by atoms with Crippen LogP contribution in [-0.4, -0.2) is 85.0 Å². The minimum absolute atomic E-state index is 0.00703. The van der Waals surface area contributed by atoms with E-state index in [0.717, 1.165) is 15.9 Å². The number of unbranched alkanes of at least 4 members (excludes halogenated alkanes) is 1. The number of rotatable bonds is 15. The zero-order valence-corrected chi connectivity index (χ0v) is 37.6. The molecule has 4 amide bonds. The van der Waals surface area contributed by atoms with Crippen molar-refractivity contribution < 1.29 is 33.1 Å². The molecule has 2 saturated heterocycles. The Kier molecular flexibility index (Phi) is 15.3. The molecule has 2 aliphatic heterocycles. The summed E-state index contributed by atoms with van der Waals surface area (Å²) >= 11 is 0. The number of hydrogen-bond donors (Lipinski definition) is 3. The van der Waals surface area contributed by atoms with Crippen LogP contribution >= 0.6 is 0 Å². The number of fused-ring (bicyclic) bond motifs is 1. The Labute approximate surface area is 357 Å². The maximum atomic E-state index is 14.2. The van der Waals surface area contributed by atoms with Gasteiger partial charge in [-0.3, -0.25) is 24.0 Å². The van der Waals surface area contributed by atoms with Crippen molar-refractivity contribution >= 4 is 48.1 Å². The van der Waals surface area contributed by atoms with Crippen molar-refractivity contribution in [3.8, 4) is 5.75 Å². The number of amides is 4. The number of nitrogens with zero attached hydrogens (tertiary/aromatic N) is 1. The summed E-state index contributed by atoms with van der Waals surface area (Å²) in [6.07, 6.45) is 5.32. The summed E-state index contributed by atoms with van der Waals surface area (Å²) in [5, 5.41) is 10.7. The van der Waals surface area contributed by atoms with Gasteiger partial charge in [0.05, 0.1) is 6.10 Å². The SMILES string of the molecule is CC[C@]1(C)NC(=O)[C@H](CCC/C=C/C(=O)[C@H](C)O[Si](c2ccccc2)(c2ccccc2)C(C)(C)C)NC(=O)[C@H]2CCCN2C(=O)[C@H](Cc2ccc(OC(C)C)cc2)NC1=O. The quantitative estimate of drug-likeness (QED) is 0.104. The largest absolute Gasteiger partial charge is 0.491 e. The van der Waals surface area contributed by atoms with Crippen LogP contribution in [0.15, 0.2) is 97.1 Å². The van der Waals surface area contributed by atoms with Crippen LogP contribution < -0.4 is 31.1 Å². The van der Waals surface area contributed by atoms with Crippen LogP contribution in [0, 0.1) is 0 Å². The van der Waals surface area contributed by atoms with Gasteiger partial charge in [-0.05, 0) is 105 Å². The van der Waals surface area contributed by atoms with E-state index in [9.17, 15) is 24.0 Å². The average molecular weight is 837 g/mol. The molecule has 12 heteroatoms. The molecule has 2 heterocycles. The maximum Gasteiger partial charge on any atom is 0.262 e. The van der Waals surface area contributed by atoms with Gasteiger partial charge in [-0.2, -0.15) is 0 Å². The Hall–Kier alpha value is -5.07. The molecule has 0 spiro atoms.